The van der Waals surface area contributed by atoms with Crippen molar-refractivity contribution in [2.24, 2.45) is 34.5 Å². The summed E-state index contributed by atoms with van der Waals surface area (Å²) in [5.41, 5.74) is -1.58. The molecule has 0 saturated heterocycles. The van der Waals surface area contributed by atoms with Gasteiger partial charge in [-0.25, -0.2) is 0 Å². The molecule has 0 amide bonds. The van der Waals surface area contributed by atoms with Gasteiger partial charge in [0.25, 0.3) is 0 Å². The Morgan fingerprint density at radius 1 is 1.23 bits per heavy atom. The fraction of sp³-hybridized carbons (Fsp3) is 0.818. The predicted molar refractivity (Wildman–Crippen MR) is 98.3 cm³/mol. The van der Waals surface area contributed by atoms with Gasteiger partial charge >= 0.3 is 0 Å². The SMILES string of the molecule is CC(=O)[C@@]1(O)C(C)=C[C@H]2[C@@H]3CCC4C[C@H](O)CC[C@]4(C)[C@H]3C(=O)C[C@@]21C. The molecule has 4 rings (SSSR count). The van der Waals surface area contributed by atoms with Gasteiger partial charge in [-0.3, -0.25) is 9.59 Å². The lowest BCUT2D eigenvalue weighted by Crippen LogP contribution is -2.62. The molecule has 2 N–H and O–H groups in total. The molecule has 4 aliphatic carbocycles. The highest BCUT2D eigenvalue weighted by atomic mass is 16.3. The van der Waals surface area contributed by atoms with E-state index in [0.29, 0.717) is 5.92 Å². The molecule has 4 heteroatoms. The Hall–Kier alpha value is -1.00. The normalized spacial score (nSPS) is 53.4. The van der Waals surface area contributed by atoms with Crippen LogP contribution in [-0.4, -0.2) is 33.5 Å². The molecule has 0 aliphatic heterocycles. The van der Waals surface area contributed by atoms with E-state index in [-0.39, 0.29) is 47.3 Å². The molecule has 0 aromatic carbocycles. The molecule has 4 aliphatic rings. The van der Waals surface area contributed by atoms with Crippen LogP contribution in [0.4, 0.5) is 0 Å². The summed E-state index contributed by atoms with van der Waals surface area (Å²) < 4.78 is 0. The van der Waals surface area contributed by atoms with Crippen LogP contribution in [0.1, 0.15) is 66.2 Å². The minimum Gasteiger partial charge on any atom is -0.393 e. The zero-order valence-corrected chi connectivity index (χ0v) is 16.4. The summed E-state index contributed by atoms with van der Waals surface area (Å²) in [6.45, 7) is 7.49. The fourth-order valence-corrected chi connectivity index (χ4v) is 7.56. The molecule has 0 aromatic heterocycles. The van der Waals surface area contributed by atoms with Crippen molar-refractivity contribution in [2.45, 2.75) is 77.9 Å². The van der Waals surface area contributed by atoms with Crippen LogP contribution in [0.15, 0.2) is 11.6 Å². The van der Waals surface area contributed by atoms with E-state index in [2.05, 4.69) is 13.0 Å². The van der Waals surface area contributed by atoms with E-state index in [1.165, 1.54) is 6.92 Å². The van der Waals surface area contributed by atoms with Crippen molar-refractivity contribution in [3.8, 4) is 0 Å². The third kappa shape index (κ3) is 2.03. The highest BCUT2D eigenvalue weighted by Gasteiger charge is 2.68. The minimum atomic E-state index is -1.52. The van der Waals surface area contributed by atoms with E-state index in [9.17, 15) is 19.8 Å². The van der Waals surface area contributed by atoms with Crippen molar-refractivity contribution >= 4 is 11.6 Å². The molecule has 0 aromatic rings. The van der Waals surface area contributed by atoms with Crippen LogP contribution >= 0.6 is 0 Å². The van der Waals surface area contributed by atoms with E-state index in [4.69, 9.17) is 0 Å². The van der Waals surface area contributed by atoms with E-state index in [1.807, 2.05) is 13.8 Å². The van der Waals surface area contributed by atoms with Crippen LogP contribution in [0.5, 0.6) is 0 Å². The molecule has 3 saturated carbocycles. The summed E-state index contributed by atoms with van der Waals surface area (Å²) in [7, 11) is 0. The first kappa shape index (κ1) is 18.4. The summed E-state index contributed by atoms with van der Waals surface area (Å²) in [6.07, 6.45) is 6.60. The maximum absolute atomic E-state index is 13.4. The van der Waals surface area contributed by atoms with Crippen LogP contribution in [0.25, 0.3) is 0 Å². The van der Waals surface area contributed by atoms with Crippen molar-refractivity contribution in [1.29, 1.82) is 0 Å². The molecule has 26 heavy (non-hydrogen) atoms. The quantitative estimate of drug-likeness (QED) is 0.705. The van der Waals surface area contributed by atoms with Crippen molar-refractivity contribution in [3.63, 3.8) is 0 Å². The molecule has 0 radical (unpaired) electrons. The first-order valence-electron chi connectivity index (χ1n) is 10.2. The second kappa shape index (κ2) is 5.51. The number of hydrogen-bond acceptors (Lipinski definition) is 4. The number of rotatable bonds is 1. The van der Waals surface area contributed by atoms with Gasteiger partial charge in [-0.1, -0.05) is 19.9 Å². The topological polar surface area (TPSA) is 74.6 Å². The Bertz CT molecular complexity index is 696. The number of Topliss-reactive ketones (excluding diaryl/α,β-unsaturated/α-hetero) is 2. The summed E-state index contributed by atoms with van der Waals surface area (Å²) in [6, 6.07) is 0. The number of allylic oxidation sites excluding steroid dienone is 1. The molecule has 144 valence electrons. The third-order valence-corrected chi connectivity index (χ3v) is 8.91. The van der Waals surface area contributed by atoms with Crippen molar-refractivity contribution in [1.82, 2.24) is 0 Å². The first-order chi connectivity index (χ1) is 12.1. The molecule has 3 fully saturated rings. The highest BCUT2D eigenvalue weighted by Crippen LogP contribution is 2.66. The van der Waals surface area contributed by atoms with E-state index < -0.39 is 11.0 Å². The lowest BCUT2D eigenvalue weighted by atomic mass is 9.43. The fourth-order valence-electron chi connectivity index (χ4n) is 7.56. The highest BCUT2D eigenvalue weighted by molar-refractivity contribution is 5.93. The monoisotopic (exact) mass is 360 g/mol. The lowest BCUT2D eigenvalue weighted by Gasteiger charge is -2.60. The van der Waals surface area contributed by atoms with Crippen LogP contribution in [0, 0.1) is 34.5 Å². The van der Waals surface area contributed by atoms with E-state index in [0.717, 1.165) is 37.7 Å². The average Bonchev–Trinajstić information content (AvgIpc) is 2.76. The molecule has 8 atom stereocenters. The molecular formula is C22H32O4. The molecule has 0 bridgehead atoms. The van der Waals surface area contributed by atoms with Crippen molar-refractivity contribution in [2.75, 3.05) is 0 Å². The Kier molecular flexibility index (Phi) is 3.89. The average molecular weight is 360 g/mol. The largest absolute Gasteiger partial charge is 0.393 e. The standard InChI is InChI=1S/C22H32O4/c1-12-9-17-16-6-5-14-10-15(24)7-8-20(14,3)19(16)18(25)11-21(17,4)22(12,26)13(2)23/h9,14-17,19,24,26H,5-8,10-11H2,1-4H3/t14?,15-,16+,17+,19-,20+,21+,22+/m1/s1. The van der Waals surface area contributed by atoms with Crippen LogP contribution in [0.3, 0.4) is 0 Å². The molecule has 0 spiro atoms. The van der Waals surface area contributed by atoms with Gasteiger partial charge in [0.15, 0.2) is 5.78 Å². The van der Waals surface area contributed by atoms with Gasteiger partial charge in [0.1, 0.15) is 11.4 Å². The number of hydrogen-bond donors (Lipinski definition) is 2. The van der Waals surface area contributed by atoms with Gasteiger partial charge in [-0.15, -0.1) is 0 Å². The number of carbonyl (C=O) groups excluding carboxylic acids is 2. The minimum absolute atomic E-state index is 0.00909. The Balaban J connectivity index is 1.76. The first-order valence-corrected chi connectivity index (χ1v) is 10.2. The summed E-state index contributed by atoms with van der Waals surface area (Å²) in [4.78, 5) is 25.8. The lowest BCUT2D eigenvalue weighted by molar-refractivity contribution is -0.175. The van der Waals surface area contributed by atoms with E-state index in [1.54, 1.807) is 0 Å². The zero-order valence-electron chi connectivity index (χ0n) is 16.4. The summed E-state index contributed by atoms with van der Waals surface area (Å²) in [5.74, 6) is 0.636. The number of carbonyl (C=O) groups is 2. The Morgan fingerprint density at radius 3 is 2.58 bits per heavy atom. The van der Waals surface area contributed by atoms with Gasteiger partial charge in [0, 0.05) is 17.8 Å². The smallest absolute Gasteiger partial charge is 0.166 e. The van der Waals surface area contributed by atoms with Gasteiger partial charge in [0.05, 0.1) is 6.10 Å². The van der Waals surface area contributed by atoms with Gasteiger partial charge < -0.3 is 10.2 Å². The zero-order chi connectivity index (χ0) is 19.1. The molecule has 4 nitrogen and oxygen atoms in total. The van der Waals surface area contributed by atoms with Crippen molar-refractivity contribution < 1.29 is 19.8 Å². The van der Waals surface area contributed by atoms with Gasteiger partial charge in [-0.05, 0) is 74.7 Å². The predicted octanol–water partition coefficient (Wildman–Crippen LogP) is 3.06. The molecule has 1 unspecified atom stereocenters. The number of fused-ring (bicyclic) bond motifs is 5. The van der Waals surface area contributed by atoms with Gasteiger partial charge in [0.2, 0.25) is 0 Å². The Morgan fingerprint density at radius 2 is 1.92 bits per heavy atom. The maximum Gasteiger partial charge on any atom is 0.166 e. The van der Waals surface area contributed by atoms with Crippen LogP contribution in [-0.2, 0) is 9.59 Å². The van der Waals surface area contributed by atoms with Gasteiger partial charge in [-0.2, -0.15) is 0 Å². The second-order valence-corrected chi connectivity index (χ2v) is 10.1. The molecule has 0 heterocycles. The van der Waals surface area contributed by atoms with E-state index >= 15 is 0 Å². The summed E-state index contributed by atoms with van der Waals surface area (Å²) in [5, 5.41) is 21.4. The summed E-state index contributed by atoms with van der Waals surface area (Å²) >= 11 is 0. The van der Waals surface area contributed by atoms with Crippen molar-refractivity contribution in [3.05, 3.63) is 11.6 Å². The maximum atomic E-state index is 13.4. The van der Waals surface area contributed by atoms with Crippen LogP contribution in [0.2, 0.25) is 0 Å². The number of aliphatic hydroxyl groups is 2. The number of aliphatic hydroxyl groups excluding tert-OH is 1. The molecular weight excluding hydrogens is 328 g/mol. The second-order valence-electron chi connectivity index (χ2n) is 10.1. The number of ketones is 2. The van der Waals surface area contributed by atoms with Crippen LogP contribution < -0.4 is 0 Å². The third-order valence-electron chi connectivity index (χ3n) is 8.91. The Labute approximate surface area is 156 Å².